The van der Waals surface area contributed by atoms with Gasteiger partial charge >= 0.3 is 0 Å². The van der Waals surface area contributed by atoms with Crippen LogP contribution in [0.2, 0.25) is 0 Å². The zero-order chi connectivity index (χ0) is 14.1. The number of carbonyl (C=O) groups excluding carboxylic acids is 1. The summed E-state index contributed by atoms with van der Waals surface area (Å²) in [5.41, 5.74) is 7.24. The SMILES string of the molecule is CC(N)C1CCN(C(=O)C2SCCc3sccc32)CC1. The molecule has 3 rings (SSSR count). The van der Waals surface area contributed by atoms with Gasteiger partial charge < -0.3 is 10.6 Å². The molecule has 3 heterocycles. The molecule has 0 radical (unpaired) electrons. The maximum atomic E-state index is 12.8. The topological polar surface area (TPSA) is 46.3 Å². The van der Waals surface area contributed by atoms with Crippen molar-refractivity contribution in [3.8, 4) is 0 Å². The Hall–Kier alpha value is -0.520. The molecule has 3 nitrogen and oxygen atoms in total. The van der Waals surface area contributed by atoms with Gasteiger partial charge in [-0.25, -0.2) is 0 Å². The van der Waals surface area contributed by atoms with E-state index in [0.29, 0.717) is 11.8 Å². The van der Waals surface area contributed by atoms with Gasteiger partial charge in [-0.2, -0.15) is 0 Å². The average Bonchev–Trinajstić information content (AvgIpc) is 2.95. The number of hydrogen-bond acceptors (Lipinski definition) is 4. The molecule has 0 aliphatic carbocycles. The Balaban J connectivity index is 1.66. The van der Waals surface area contributed by atoms with E-state index >= 15 is 0 Å². The molecule has 110 valence electrons. The summed E-state index contributed by atoms with van der Waals surface area (Å²) in [5, 5.41) is 2.16. The predicted molar refractivity (Wildman–Crippen MR) is 86.2 cm³/mol. The molecule has 1 aromatic rings. The Morgan fingerprint density at radius 3 is 2.90 bits per heavy atom. The zero-order valence-electron chi connectivity index (χ0n) is 11.9. The monoisotopic (exact) mass is 310 g/mol. The number of aryl methyl sites for hydroxylation is 1. The van der Waals surface area contributed by atoms with E-state index in [1.807, 2.05) is 11.8 Å². The number of piperidine rings is 1. The number of likely N-dealkylation sites (tertiary alicyclic amines) is 1. The molecule has 0 saturated carbocycles. The fourth-order valence-corrected chi connectivity index (χ4v) is 5.54. The highest BCUT2D eigenvalue weighted by molar-refractivity contribution is 8.00. The van der Waals surface area contributed by atoms with Gasteiger partial charge in [0.2, 0.25) is 5.91 Å². The standard InChI is InChI=1S/C15H22N2OS2/c1-10(16)11-2-6-17(7-3-11)15(18)14-12-4-8-19-13(12)5-9-20-14/h4,8,10-11,14H,2-3,5-7,9,16H2,1H3. The van der Waals surface area contributed by atoms with Crippen LogP contribution in [0.3, 0.4) is 0 Å². The van der Waals surface area contributed by atoms with E-state index in [1.165, 1.54) is 10.4 Å². The number of thioether (sulfide) groups is 1. The van der Waals surface area contributed by atoms with E-state index in [0.717, 1.165) is 38.1 Å². The quantitative estimate of drug-likeness (QED) is 0.913. The van der Waals surface area contributed by atoms with Crippen LogP contribution in [0.5, 0.6) is 0 Å². The number of fused-ring (bicyclic) bond motifs is 1. The van der Waals surface area contributed by atoms with E-state index in [2.05, 4.69) is 23.3 Å². The number of nitrogens with two attached hydrogens (primary N) is 1. The van der Waals surface area contributed by atoms with Gasteiger partial charge in [0, 0.05) is 24.0 Å². The number of amides is 1. The number of rotatable bonds is 2. The lowest BCUT2D eigenvalue weighted by molar-refractivity contribution is -0.132. The Bertz CT molecular complexity index is 478. The first-order chi connectivity index (χ1) is 9.66. The molecule has 2 N–H and O–H groups in total. The zero-order valence-corrected chi connectivity index (χ0v) is 13.5. The van der Waals surface area contributed by atoms with E-state index in [4.69, 9.17) is 5.73 Å². The van der Waals surface area contributed by atoms with Crippen molar-refractivity contribution in [1.82, 2.24) is 4.90 Å². The third-order valence-electron chi connectivity index (χ3n) is 4.50. The summed E-state index contributed by atoms with van der Waals surface area (Å²) in [7, 11) is 0. The van der Waals surface area contributed by atoms with Gasteiger partial charge in [-0.15, -0.1) is 23.1 Å². The Labute approximate surface area is 128 Å². The second-order valence-electron chi connectivity index (χ2n) is 5.82. The van der Waals surface area contributed by atoms with Gasteiger partial charge in [0.25, 0.3) is 0 Å². The van der Waals surface area contributed by atoms with Crippen LogP contribution in [0.25, 0.3) is 0 Å². The van der Waals surface area contributed by atoms with Crippen molar-refractivity contribution in [3.63, 3.8) is 0 Å². The van der Waals surface area contributed by atoms with Crippen LogP contribution < -0.4 is 5.73 Å². The van der Waals surface area contributed by atoms with E-state index < -0.39 is 0 Å². The fraction of sp³-hybridized carbons (Fsp3) is 0.667. The minimum absolute atomic E-state index is 0.0387. The van der Waals surface area contributed by atoms with Gasteiger partial charge in [0.15, 0.2) is 0 Å². The van der Waals surface area contributed by atoms with E-state index in [1.54, 1.807) is 11.3 Å². The molecule has 0 spiro atoms. The molecule has 1 saturated heterocycles. The summed E-state index contributed by atoms with van der Waals surface area (Å²) in [6, 6.07) is 2.39. The summed E-state index contributed by atoms with van der Waals surface area (Å²) in [5.74, 6) is 1.97. The van der Waals surface area contributed by atoms with Gasteiger partial charge in [-0.05, 0) is 54.9 Å². The average molecular weight is 310 g/mol. The van der Waals surface area contributed by atoms with Gasteiger partial charge in [-0.1, -0.05) is 0 Å². The van der Waals surface area contributed by atoms with E-state index in [9.17, 15) is 4.79 Å². The molecular weight excluding hydrogens is 288 g/mol. The highest BCUT2D eigenvalue weighted by Gasteiger charge is 2.33. The molecule has 2 aliphatic heterocycles. The van der Waals surface area contributed by atoms with Crippen LogP contribution >= 0.6 is 23.1 Å². The number of nitrogens with zero attached hydrogens (tertiary/aromatic N) is 1. The van der Waals surface area contributed by atoms with Crippen LogP contribution in [-0.4, -0.2) is 35.7 Å². The first-order valence-corrected chi connectivity index (χ1v) is 9.32. The molecule has 1 aromatic heterocycles. The molecule has 1 fully saturated rings. The summed E-state index contributed by atoms with van der Waals surface area (Å²) < 4.78 is 0. The molecule has 2 unspecified atom stereocenters. The third kappa shape index (κ3) is 2.76. The molecule has 2 aliphatic rings. The van der Waals surface area contributed by atoms with Crippen molar-refractivity contribution in [3.05, 3.63) is 21.9 Å². The van der Waals surface area contributed by atoms with Crippen molar-refractivity contribution in [2.24, 2.45) is 11.7 Å². The summed E-state index contributed by atoms with van der Waals surface area (Å²) in [4.78, 5) is 16.2. The fourth-order valence-electron chi connectivity index (χ4n) is 3.16. The smallest absolute Gasteiger partial charge is 0.240 e. The lowest BCUT2D eigenvalue weighted by Crippen LogP contribution is -2.44. The van der Waals surface area contributed by atoms with Crippen molar-refractivity contribution < 1.29 is 4.79 Å². The summed E-state index contributed by atoms with van der Waals surface area (Å²) in [6.07, 6.45) is 3.22. The molecule has 5 heteroatoms. The van der Waals surface area contributed by atoms with Gasteiger partial charge in [0.05, 0.1) is 0 Å². The van der Waals surface area contributed by atoms with Crippen molar-refractivity contribution in [1.29, 1.82) is 0 Å². The van der Waals surface area contributed by atoms with Crippen LogP contribution in [-0.2, 0) is 11.2 Å². The van der Waals surface area contributed by atoms with Crippen molar-refractivity contribution in [2.45, 2.75) is 37.5 Å². The highest BCUT2D eigenvalue weighted by Crippen LogP contribution is 2.40. The van der Waals surface area contributed by atoms with Gasteiger partial charge in [-0.3, -0.25) is 4.79 Å². The number of thiophene rings is 1. The third-order valence-corrected chi connectivity index (χ3v) is 6.72. The van der Waals surface area contributed by atoms with E-state index in [-0.39, 0.29) is 11.3 Å². The molecule has 0 aromatic carbocycles. The minimum Gasteiger partial charge on any atom is -0.341 e. The van der Waals surface area contributed by atoms with Crippen LogP contribution in [0.15, 0.2) is 11.4 Å². The normalized spacial score (nSPS) is 25.3. The van der Waals surface area contributed by atoms with Crippen LogP contribution in [0.4, 0.5) is 0 Å². The lowest BCUT2D eigenvalue weighted by atomic mass is 9.90. The Morgan fingerprint density at radius 2 is 2.20 bits per heavy atom. The first-order valence-electron chi connectivity index (χ1n) is 7.39. The minimum atomic E-state index is 0.0387. The largest absolute Gasteiger partial charge is 0.341 e. The lowest BCUT2D eigenvalue weighted by Gasteiger charge is -2.36. The second kappa shape index (κ2) is 6.08. The highest BCUT2D eigenvalue weighted by atomic mass is 32.2. The number of carbonyl (C=O) groups is 1. The molecule has 1 amide bonds. The first kappa shape index (κ1) is 14.4. The summed E-state index contributed by atoms with van der Waals surface area (Å²) in [6.45, 7) is 3.83. The maximum absolute atomic E-state index is 12.8. The molecule has 20 heavy (non-hydrogen) atoms. The summed E-state index contributed by atoms with van der Waals surface area (Å²) >= 11 is 3.61. The second-order valence-corrected chi connectivity index (χ2v) is 8.04. The Kier molecular flexibility index (Phi) is 4.38. The van der Waals surface area contributed by atoms with Crippen molar-refractivity contribution >= 4 is 29.0 Å². The van der Waals surface area contributed by atoms with Crippen LogP contribution in [0.1, 0.15) is 35.5 Å². The molecule has 2 atom stereocenters. The van der Waals surface area contributed by atoms with Crippen LogP contribution in [0, 0.1) is 5.92 Å². The number of hydrogen-bond donors (Lipinski definition) is 1. The maximum Gasteiger partial charge on any atom is 0.240 e. The van der Waals surface area contributed by atoms with Gasteiger partial charge in [0.1, 0.15) is 5.25 Å². The molecular formula is C15H22N2OS2. The van der Waals surface area contributed by atoms with Crippen molar-refractivity contribution in [2.75, 3.05) is 18.8 Å². The Morgan fingerprint density at radius 1 is 1.45 bits per heavy atom. The molecule has 0 bridgehead atoms. The predicted octanol–water partition coefficient (Wildman–Crippen LogP) is 2.66.